The summed E-state index contributed by atoms with van der Waals surface area (Å²) in [6.07, 6.45) is 4.63. The molecule has 0 aromatic rings. The number of nitrogens with two attached hydrogens (primary N) is 1. The van der Waals surface area contributed by atoms with E-state index >= 15 is 0 Å². The minimum atomic E-state index is -0.105. The van der Waals surface area contributed by atoms with Gasteiger partial charge in [0.15, 0.2) is 0 Å². The van der Waals surface area contributed by atoms with Gasteiger partial charge in [-0.1, -0.05) is 26.8 Å². The molecule has 0 spiro atoms. The van der Waals surface area contributed by atoms with Gasteiger partial charge in [-0.15, -0.1) is 6.58 Å². The van der Waals surface area contributed by atoms with E-state index in [9.17, 15) is 0 Å². The highest BCUT2D eigenvalue weighted by atomic mass is 16.5. The molecule has 0 amide bonds. The molecule has 2 aliphatic rings. The average molecular weight is 252 g/mol. The molecule has 0 radical (unpaired) electrons. The quantitative estimate of drug-likeness (QED) is 0.735. The fraction of sp³-hybridized carbons (Fsp3) is 0.867. The van der Waals surface area contributed by atoms with Crippen LogP contribution in [0, 0.1) is 11.3 Å². The molecule has 3 heteroatoms. The zero-order chi connectivity index (χ0) is 13.4. The molecule has 1 saturated carbocycles. The van der Waals surface area contributed by atoms with Crippen LogP contribution in [0.15, 0.2) is 12.7 Å². The number of nitrogens with zero attached hydrogens (tertiary/aromatic N) is 1. The van der Waals surface area contributed by atoms with E-state index in [1.54, 1.807) is 0 Å². The summed E-state index contributed by atoms with van der Waals surface area (Å²) in [5.74, 6) is 0.539. The van der Waals surface area contributed by atoms with Gasteiger partial charge in [-0.3, -0.25) is 4.90 Å². The number of ether oxygens (including phenoxy) is 1. The first kappa shape index (κ1) is 14.0. The second-order valence-corrected chi connectivity index (χ2v) is 6.47. The molecule has 3 atom stereocenters. The average Bonchev–Trinajstić information content (AvgIpc) is 2.77. The lowest BCUT2D eigenvalue weighted by Gasteiger charge is -2.63. The van der Waals surface area contributed by atoms with E-state index in [0.717, 1.165) is 39.1 Å². The molecule has 3 unspecified atom stereocenters. The molecule has 18 heavy (non-hydrogen) atoms. The highest BCUT2D eigenvalue weighted by molar-refractivity contribution is 5.21. The van der Waals surface area contributed by atoms with E-state index in [1.165, 1.54) is 0 Å². The van der Waals surface area contributed by atoms with E-state index < -0.39 is 0 Å². The Morgan fingerprint density at radius 3 is 2.83 bits per heavy atom. The van der Waals surface area contributed by atoms with Crippen LogP contribution in [-0.2, 0) is 4.74 Å². The Morgan fingerprint density at radius 1 is 1.50 bits per heavy atom. The first-order chi connectivity index (χ1) is 8.47. The normalized spacial score (nSPS) is 37.4. The summed E-state index contributed by atoms with van der Waals surface area (Å²) < 4.78 is 5.85. The largest absolute Gasteiger partial charge is 0.377 e. The fourth-order valence-corrected chi connectivity index (χ4v) is 3.90. The molecular weight excluding hydrogens is 224 g/mol. The van der Waals surface area contributed by atoms with Gasteiger partial charge in [-0.2, -0.15) is 0 Å². The fourth-order valence-electron chi connectivity index (χ4n) is 3.90. The van der Waals surface area contributed by atoms with Gasteiger partial charge in [0.1, 0.15) is 0 Å². The van der Waals surface area contributed by atoms with E-state index in [4.69, 9.17) is 10.5 Å². The number of fused-ring (bicyclic) bond motifs is 1. The van der Waals surface area contributed by atoms with Crippen molar-refractivity contribution >= 4 is 0 Å². The molecule has 1 aliphatic carbocycles. The van der Waals surface area contributed by atoms with Crippen molar-refractivity contribution in [3.8, 4) is 0 Å². The van der Waals surface area contributed by atoms with Crippen LogP contribution in [0.4, 0.5) is 0 Å². The standard InChI is InChI=1S/C15H28N2O/c1-5-8-17(9-6-2)11-15(16)12-7-10-18-13(12)14(15,3)4/h5,12-13H,1,6-11,16H2,2-4H3. The minimum absolute atomic E-state index is 0.0847. The van der Waals surface area contributed by atoms with Crippen LogP contribution in [0.3, 0.4) is 0 Å². The maximum absolute atomic E-state index is 6.77. The molecule has 3 nitrogen and oxygen atoms in total. The molecule has 104 valence electrons. The Bertz CT molecular complexity index is 316. The summed E-state index contributed by atoms with van der Waals surface area (Å²) in [4.78, 5) is 2.43. The Kier molecular flexibility index (Phi) is 3.86. The van der Waals surface area contributed by atoms with Crippen LogP contribution in [0.1, 0.15) is 33.6 Å². The number of hydrogen-bond donors (Lipinski definition) is 1. The summed E-state index contributed by atoms with van der Waals surface area (Å²) in [5.41, 5.74) is 6.75. The van der Waals surface area contributed by atoms with Crippen molar-refractivity contribution in [3.63, 3.8) is 0 Å². The Hall–Kier alpha value is -0.380. The van der Waals surface area contributed by atoms with Crippen LogP contribution in [0.25, 0.3) is 0 Å². The zero-order valence-corrected chi connectivity index (χ0v) is 12.1. The highest BCUT2D eigenvalue weighted by Crippen LogP contribution is 2.58. The zero-order valence-electron chi connectivity index (χ0n) is 12.1. The maximum Gasteiger partial charge on any atom is 0.0691 e. The van der Waals surface area contributed by atoms with Crippen molar-refractivity contribution in [2.24, 2.45) is 17.1 Å². The minimum Gasteiger partial charge on any atom is -0.377 e. The lowest BCUT2D eigenvalue weighted by atomic mass is 9.48. The molecular formula is C15H28N2O. The third-order valence-electron chi connectivity index (χ3n) is 5.08. The summed E-state index contributed by atoms with van der Waals surface area (Å²) in [5, 5.41) is 0. The first-order valence-electron chi connectivity index (χ1n) is 7.21. The maximum atomic E-state index is 6.77. The molecule has 0 bridgehead atoms. The van der Waals surface area contributed by atoms with Gasteiger partial charge in [0, 0.05) is 36.6 Å². The molecule has 1 saturated heterocycles. The molecule has 0 aromatic heterocycles. The molecule has 2 fully saturated rings. The summed E-state index contributed by atoms with van der Waals surface area (Å²) in [6, 6.07) is 0. The Morgan fingerprint density at radius 2 is 2.22 bits per heavy atom. The number of rotatable bonds is 6. The summed E-state index contributed by atoms with van der Waals surface area (Å²) in [7, 11) is 0. The van der Waals surface area contributed by atoms with E-state index in [0.29, 0.717) is 12.0 Å². The molecule has 1 heterocycles. The van der Waals surface area contributed by atoms with Crippen LogP contribution < -0.4 is 5.73 Å². The van der Waals surface area contributed by atoms with Crippen molar-refractivity contribution < 1.29 is 4.74 Å². The monoisotopic (exact) mass is 252 g/mol. The van der Waals surface area contributed by atoms with Crippen molar-refractivity contribution in [2.75, 3.05) is 26.2 Å². The topological polar surface area (TPSA) is 38.5 Å². The van der Waals surface area contributed by atoms with E-state index in [2.05, 4.69) is 32.3 Å². The summed E-state index contributed by atoms with van der Waals surface area (Å²) in [6.45, 7) is 14.5. The molecule has 1 aliphatic heterocycles. The second kappa shape index (κ2) is 4.95. The van der Waals surface area contributed by atoms with Crippen LogP contribution in [0.5, 0.6) is 0 Å². The van der Waals surface area contributed by atoms with Gasteiger partial charge in [0.2, 0.25) is 0 Å². The SMILES string of the molecule is C=CCN(CCC)CC1(N)C2CCOC2C1(C)C. The third-order valence-corrected chi connectivity index (χ3v) is 5.08. The van der Waals surface area contributed by atoms with Gasteiger partial charge in [-0.25, -0.2) is 0 Å². The van der Waals surface area contributed by atoms with Crippen LogP contribution >= 0.6 is 0 Å². The lowest BCUT2D eigenvalue weighted by molar-refractivity contribution is -0.162. The summed E-state index contributed by atoms with van der Waals surface area (Å²) >= 11 is 0. The number of hydrogen-bond acceptors (Lipinski definition) is 3. The lowest BCUT2D eigenvalue weighted by Crippen LogP contribution is -2.78. The van der Waals surface area contributed by atoms with E-state index in [1.807, 2.05) is 6.08 Å². The Labute approximate surface area is 111 Å². The van der Waals surface area contributed by atoms with Gasteiger partial charge >= 0.3 is 0 Å². The molecule has 2 N–H and O–H groups in total. The van der Waals surface area contributed by atoms with Gasteiger partial charge in [0.25, 0.3) is 0 Å². The van der Waals surface area contributed by atoms with Gasteiger partial charge < -0.3 is 10.5 Å². The molecule has 0 aromatic carbocycles. The van der Waals surface area contributed by atoms with Gasteiger partial charge in [-0.05, 0) is 19.4 Å². The Balaban J connectivity index is 2.08. The van der Waals surface area contributed by atoms with Crippen molar-refractivity contribution in [1.29, 1.82) is 0 Å². The van der Waals surface area contributed by atoms with Crippen LogP contribution in [-0.4, -0.2) is 42.8 Å². The van der Waals surface area contributed by atoms with Crippen molar-refractivity contribution in [2.45, 2.75) is 45.3 Å². The van der Waals surface area contributed by atoms with Crippen LogP contribution in [0.2, 0.25) is 0 Å². The van der Waals surface area contributed by atoms with E-state index in [-0.39, 0.29) is 11.0 Å². The first-order valence-corrected chi connectivity index (χ1v) is 7.21. The predicted molar refractivity (Wildman–Crippen MR) is 75.5 cm³/mol. The highest BCUT2D eigenvalue weighted by Gasteiger charge is 2.67. The second-order valence-electron chi connectivity index (χ2n) is 6.47. The third kappa shape index (κ3) is 1.93. The van der Waals surface area contributed by atoms with Crippen molar-refractivity contribution in [3.05, 3.63) is 12.7 Å². The predicted octanol–water partition coefficient (Wildman–Crippen LogP) is 2.03. The van der Waals surface area contributed by atoms with Crippen molar-refractivity contribution in [1.82, 2.24) is 4.90 Å². The van der Waals surface area contributed by atoms with Gasteiger partial charge in [0.05, 0.1) is 6.10 Å². The molecule has 2 rings (SSSR count). The smallest absolute Gasteiger partial charge is 0.0691 e.